The second kappa shape index (κ2) is 17.5. The summed E-state index contributed by atoms with van der Waals surface area (Å²) in [4.78, 5) is 0. The molecule has 14 rings (SSSR count). The van der Waals surface area contributed by atoms with Crippen molar-refractivity contribution in [1.29, 1.82) is 0 Å². The Balaban J connectivity index is 1.02. The van der Waals surface area contributed by atoms with Crippen LogP contribution >= 0.6 is 0 Å². The zero-order valence-electron chi connectivity index (χ0n) is 41.3. The highest BCUT2D eigenvalue weighted by atomic mass is 15.0. The summed E-state index contributed by atoms with van der Waals surface area (Å²) in [5, 5.41) is 3.20. The van der Waals surface area contributed by atoms with Crippen LogP contribution in [0.5, 0.6) is 0 Å². The van der Waals surface area contributed by atoms with Crippen LogP contribution in [0, 0.1) is 0 Å². The molecule has 0 bridgehead atoms. The average Bonchev–Trinajstić information content (AvgIpc) is 4.26. The lowest BCUT2D eigenvalue weighted by Gasteiger charge is -2.34. The number of hydrogen-bond acceptors (Lipinski definition) is 0. The topological polar surface area (TPSA) is 9.86 Å². The molecule has 76 heavy (non-hydrogen) atoms. The summed E-state index contributed by atoms with van der Waals surface area (Å²) < 4.78 is 4.34. The van der Waals surface area contributed by atoms with Crippen LogP contribution in [0.3, 0.4) is 0 Å². The van der Waals surface area contributed by atoms with Gasteiger partial charge in [-0.1, -0.05) is 215 Å². The third-order valence-electron chi connectivity index (χ3n) is 16.0. The summed E-state index contributed by atoms with van der Waals surface area (Å²) in [7, 11) is 50.1. The summed E-state index contributed by atoms with van der Waals surface area (Å²) in [6, 6.07) is 79.0. The first-order valence-electron chi connectivity index (χ1n) is 25.4. The van der Waals surface area contributed by atoms with Crippen LogP contribution in [0.2, 0.25) is 0 Å². The third-order valence-corrected chi connectivity index (χ3v) is 16.0. The largest absolute Gasteiger partial charge is 0.311 e. The molecule has 0 saturated carbocycles. The quantitative estimate of drug-likeness (QED) is 0.142. The van der Waals surface area contributed by atoms with Gasteiger partial charge < -0.3 is 9.13 Å². The molecule has 0 aliphatic heterocycles. The summed E-state index contributed by atoms with van der Waals surface area (Å²) in [5.41, 5.74) is 19.0. The molecule has 1 aliphatic rings. The summed E-state index contributed by atoms with van der Waals surface area (Å²) in [6.07, 6.45) is 0. The van der Waals surface area contributed by atoms with Crippen molar-refractivity contribution in [1.82, 2.24) is 9.13 Å². The SMILES string of the molecule is [B]c1c([B])c([B])c2c(c1[B])c1c([B])c(-c3ccc4c(c3)c3c(-c5ccccc5)cccc3n4-c3ccccc3-c3ccccc3)c([B])c([B])c1n2-c1ccc(C2(c3ccccc3)c3ccccc3-c3ccccc32)cc1. The number of hydrogen-bond donors (Lipinski definition) is 0. The third kappa shape index (κ3) is 6.45. The first-order valence-corrected chi connectivity index (χ1v) is 25.4. The summed E-state index contributed by atoms with van der Waals surface area (Å²) >= 11 is 0. The zero-order valence-corrected chi connectivity index (χ0v) is 41.3. The number of para-hydroxylation sites is 1. The number of nitrogens with zero attached hydrogens (tertiary/aromatic N) is 2. The Morgan fingerprint density at radius 3 is 1.45 bits per heavy atom. The lowest BCUT2D eigenvalue weighted by Crippen LogP contribution is -2.48. The maximum Gasteiger partial charge on any atom is 0.115 e. The van der Waals surface area contributed by atoms with Gasteiger partial charge in [0.05, 0.1) is 22.1 Å². The number of rotatable bonds is 7. The van der Waals surface area contributed by atoms with E-state index in [1.807, 2.05) is 16.7 Å². The van der Waals surface area contributed by atoms with E-state index >= 15 is 0 Å². The second-order valence-corrected chi connectivity index (χ2v) is 19.8. The Kier molecular flexibility index (Phi) is 10.6. The lowest BCUT2D eigenvalue weighted by atomic mass is 9.64. The van der Waals surface area contributed by atoms with Gasteiger partial charge in [-0.05, 0) is 103 Å². The van der Waals surface area contributed by atoms with Gasteiger partial charge in [-0.2, -0.15) is 0 Å². The normalized spacial score (nSPS) is 12.7. The van der Waals surface area contributed by atoms with Crippen molar-refractivity contribution in [3.63, 3.8) is 0 Å². The van der Waals surface area contributed by atoms with Gasteiger partial charge in [0.15, 0.2) is 0 Å². The monoisotopic (exact) mass is 946 g/mol. The van der Waals surface area contributed by atoms with Crippen LogP contribution in [0.4, 0.5) is 0 Å². The Hall–Kier alpha value is -8.53. The van der Waals surface area contributed by atoms with Gasteiger partial charge in [-0.3, -0.25) is 0 Å². The Bertz CT molecular complexity index is 4480. The predicted octanol–water partition coefficient (Wildman–Crippen LogP) is 8.80. The fourth-order valence-electron chi connectivity index (χ4n) is 12.7. The van der Waals surface area contributed by atoms with Gasteiger partial charge in [-0.25, -0.2) is 0 Å². The van der Waals surface area contributed by atoms with Gasteiger partial charge >= 0.3 is 0 Å². The smallest absolute Gasteiger partial charge is 0.115 e. The van der Waals surface area contributed by atoms with Crippen molar-refractivity contribution in [3.05, 3.63) is 247 Å². The zero-order chi connectivity index (χ0) is 51.6. The molecule has 0 unspecified atom stereocenters. The maximum absolute atomic E-state index is 7.60. The molecule has 1 aliphatic carbocycles. The lowest BCUT2D eigenvalue weighted by molar-refractivity contribution is 0.768. The Morgan fingerprint density at radius 2 is 0.803 bits per heavy atom. The van der Waals surface area contributed by atoms with Crippen LogP contribution in [0.1, 0.15) is 22.3 Å². The maximum atomic E-state index is 7.60. The molecule has 9 heteroatoms. The minimum Gasteiger partial charge on any atom is -0.311 e. The van der Waals surface area contributed by atoms with Crippen LogP contribution in [0.15, 0.2) is 224 Å². The number of fused-ring (bicyclic) bond motifs is 9. The Labute approximate surface area is 451 Å². The number of aromatic nitrogens is 2. The van der Waals surface area contributed by atoms with Crippen molar-refractivity contribution < 1.29 is 0 Å². The van der Waals surface area contributed by atoms with E-state index in [4.69, 9.17) is 54.9 Å². The van der Waals surface area contributed by atoms with E-state index in [9.17, 15) is 0 Å². The minimum atomic E-state index is -0.612. The van der Waals surface area contributed by atoms with E-state index in [1.54, 1.807) is 0 Å². The van der Waals surface area contributed by atoms with E-state index in [-0.39, 0.29) is 21.9 Å². The van der Waals surface area contributed by atoms with Gasteiger partial charge in [0.25, 0.3) is 0 Å². The van der Waals surface area contributed by atoms with E-state index in [0.29, 0.717) is 43.8 Å². The van der Waals surface area contributed by atoms with Crippen molar-refractivity contribution in [2.45, 2.75) is 5.41 Å². The highest BCUT2D eigenvalue weighted by molar-refractivity contribution is 6.69. The first-order chi connectivity index (χ1) is 37.2. The molecule has 0 spiro atoms. The van der Waals surface area contributed by atoms with E-state index < -0.39 is 5.41 Å². The molecule has 2 heterocycles. The molecule has 2 aromatic heterocycles. The molecule has 11 aromatic carbocycles. The molecular weight excluding hydrogens is 908 g/mol. The summed E-state index contributed by atoms with van der Waals surface area (Å²) in [6.45, 7) is 0. The molecule has 14 radical (unpaired) electrons. The molecule has 0 atom stereocenters. The minimum absolute atomic E-state index is 0.164. The van der Waals surface area contributed by atoms with Crippen LogP contribution in [-0.2, 0) is 5.41 Å². The fraction of sp³-hybridized carbons (Fsp3) is 0.0149. The fourth-order valence-corrected chi connectivity index (χ4v) is 12.7. The average molecular weight is 946 g/mol. The molecule has 0 fully saturated rings. The standard InChI is InChI=1S/C67H37B7N2/c68-58-54(40-31-36-52-48(37-40)55-45(39-19-6-2-7-20-39)26-16-30-53(55)76(52)51-29-15-12-23-44(51)38-17-4-1-5-18-38)59(69)63(73)65-56(58)57-60(70)61(71)62(72)64(74)66(57)75(65)43-34-32-42(33-35-43)67(41-21-8-3-9-22-41)49-27-13-10-24-46(49)47-25-11-14-28-50(47)67/h1-37H. The van der Waals surface area contributed by atoms with E-state index in [0.717, 1.165) is 72.1 Å². The molecule has 0 N–H and O–H groups in total. The van der Waals surface area contributed by atoms with Gasteiger partial charge in [-0.15, -0.1) is 10.9 Å². The van der Waals surface area contributed by atoms with Crippen LogP contribution in [-0.4, -0.2) is 64.1 Å². The van der Waals surface area contributed by atoms with Crippen molar-refractivity contribution in [2.24, 2.45) is 0 Å². The molecule has 13 aromatic rings. The molecule has 336 valence electrons. The second-order valence-electron chi connectivity index (χ2n) is 19.8. The Morgan fingerprint density at radius 1 is 0.303 bits per heavy atom. The van der Waals surface area contributed by atoms with Gasteiger partial charge in [0.2, 0.25) is 0 Å². The summed E-state index contributed by atoms with van der Waals surface area (Å²) in [5.74, 6) is 0. The van der Waals surface area contributed by atoms with E-state index in [2.05, 4.69) is 217 Å². The van der Waals surface area contributed by atoms with Crippen molar-refractivity contribution >= 4 is 137 Å². The van der Waals surface area contributed by atoms with Gasteiger partial charge in [0, 0.05) is 38.4 Å². The predicted molar refractivity (Wildman–Crippen MR) is 326 cm³/mol. The van der Waals surface area contributed by atoms with E-state index in [1.165, 1.54) is 22.3 Å². The molecule has 0 saturated heterocycles. The first kappa shape index (κ1) is 46.0. The van der Waals surface area contributed by atoms with Crippen molar-refractivity contribution in [3.8, 4) is 55.9 Å². The number of benzene rings is 11. The molecule has 0 amide bonds. The highest BCUT2D eigenvalue weighted by Gasteiger charge is 2.46. The van der Waals surface area contributed by atoms with Crippen LogP contribution in [0.25, 0.3) is 99.5 Å². The molecule has 2 nitrogen and oxygen atoms in total. The molecular formula is C67H37B7N2. The van der Waals surface area contributed by atoms with Crippen LogP contribution < -0.4 is 38.2 Å². The van der Waals surface area contributed by atoms with Gasteiger partial charge in [0.1, 0.15) is 54.9 Å². The van der Waals surface area contributed by atoms with Crippen molar-refractivity contribution in [2.75, 3.05) is 0 Å². The highest BCUT2D eigenvalue weighted by Crippen LogP contribution is 2.56.